The average molecular weight is 393 g/mol. The Labute approximate surface area is 159 Å². The zero-order valence-electron chi connectivity index (χ0n) is 12.4. The minimum atomic E-state index is 0.247. The van der Waals surface area contributed by atoms with Crippen molar-refractivity contribution < 1.29 is 0 Å². The van der Waals surface area contributed by atoms with Crippen LogP contribution in [-0.2, 0) is 0 Å². The number of halogens is 2. The van der Waals surface area contributed by atoms with Gasteiger partial charge in [-0.3, -0.25) is 5.32 Å². The molecule has 2 aromatic rings. The molecule has 120 valence electrons. The molecule has 0 unspecified atom stereocenters. The average Bonchev–Trinajstić information content (AvgIpc) is 2.58. The summed E-state index contributed by atoms with van der Waals surface area (Å²) >= 11 is 19.2. The Morgan fingerprint density at radius 1 is 1.17 bits per heavy atom. The van der Waals surface area contributed by atoms with Gasteiger partial charge in [0, 0.05) is 22.5 Å². The van der Waals surface area contributed by atoms with Gasteiger partial charge in [0.15, 0.2) is 11.3 Å². The van der Waals surface area contributed by atoms with Gasteiger partial charge in [0.2, 0.25) is 0 Å². The number of nitrogens with one attached hydrogen (secondary N) is 1. The van der Waals surface area contributed by atoms with Crippen molar-refractivity contribution in [3.05, 3.63) is 52.0 Å². The number of thiocarbonyl (C=S) groups is 1. The maximum absolute atomic E-state index is 8.83. The van der Waals surface area contributed by atoms with Crippen LogP contribution in [-0.4, -0.2) is 12.2 Å². The fraction of sp³-hybridized carbons (Fsp3) is 0.0625. The molecule has 0 spiro atoms. The van der Waals surface area contributed by atoms with E-state index in [-0.39, 0.29) is 5.11 Å². The summed E-state index contributed by atoms with van der Waals surface area (Å²) in [4.78, 5) is 3.23. The zero-order chi connectivity index (χ0) is 17.7. The lowest BCUT2D eigenvalue weighted by molar-refractivity contribution is 1.17. The third kappa shape index (κ3) is 4.31. The molecule has 0 aliphatic rings. The Bertz CT molecular complexity index is 831. The Morgan fingerprint density at radius 3 is 2.25 bits per heavy atom. The van der Waals surface area contributed by atoms with E-state index in [0.29, 0.717) is 26.2 Å². The molecule has 0 aromatic heterocycles. The molecule has 24 heavy (non-hydrogen) atoms. The van der Waals surface area contributed by atoms with Crippen LogP contribution in [0.4, 0.5) is 5.69 Å². The third-order valence-corrected chi connectivity index (χ3v) is 5.39. The van der Waals surface area contributed by atoms with Crippen LogP contribution < -0.4 is 10.2 Å². The molecule has 0 saturated carbocycles. The summed E-state index contributed by atoms with van der Waals surface area (Å²) in [7, 11) is 1.71. The second kappa shape index (κ2) is 8.23. The molecule has 2 aromatic carbocycles. The van der Waals surface area contributed by atoms with E-state index in [1.165, 1.54) is 11.8 Å². The number of hydrogen-bond donors (Lipinski definition) is 1. The summed E-state index contributed by atoms with van der Waals surface area (Å²) < 4.78 is 0. The molecule has 0 amide bonds. The van der Waals surface area contributed by atoms with Crippen LogP contribution in [0.2, 0.25) is 10.0 Å². The van der Waals surface area contributed by atoms with E-state index in [0.717, 1.165) is 4.90 Å². The summed E-state index contributed by atoms with van der Waals surface area (Å²) in [5, 5.41) is 21.1. The highest BCUT2D eigenvalue weighted by atomic mass is 35.5. The number of rotatable bonds is 3. The molecule has 0 atom stereocenters. The van der Waals surface area contributed by atoms with Gasteiger partial charge in [-0.1, -0.05) is 35.0 Å². The second-order valence-electron chi connectivity index (χ2n) is 4.58. The van der Waals surface area contributed by atoms with Crippen LogP contribution in [0, 0.1) is 22.8 Å². The molecule has 0 fully saturated rings. The molecular formula is C16H10Cl2N4S2. The number of benzene rings is 2. The largest absolute Gasteiger partial charge is 0.321 e. The van der Waals surface area contributed by atoms with E-state index in [4.69, 9.17) is 45.9 Å². The molecule has 8 heteroatoms. The zero-order valence-corrected chi connectivity index (χ0v) is 15.5. The topological polar surface area (TPSA) is 62.9 Å². The Kier molecular flexibility index (Phi) is 6.30. The van der Waals surface area contributed by atoms with Gasteiger partial charge in [0.1, 0.15) is 0 Å². The summed E-state index contributed by atoms with van der Waals surface area (Å²) in [5.41, 5.74) is 1.26. The van der Waals surface area contributed by atoms with Crippen LogP contribution in [0.15, 0.2) is 46.2 Å². The summed E-state index contributed by atoms with van der Waals surface area (Å²) in [6.45, 7) is 0. The highest BCUT2D eigenvalue weighted by molar-refractivity contribution is 7.99. The Balaban J connectivity index is 2.28. The lowest BCUT2D eigenvalue weighted by atomic mass is 10.2. The summed E-state index contributed by atoms with van der Waals surface area (Å²) in [5.74, 6) is 0. The molecule has 0 bridgehead atoms. The van der Waals surface area contributed by atoms with Gasteiger partial charge in [0.25, 0.3) is 0 Å². The van der Waals surface area contributed by atoms with Gasteiger partial charge in [-0.15, -0.1) is 0 Å². The van der Waals surface area contributed by atoms with Crippen LogP contribution in [0.5, 0.6) is 0 Å². The molecule has 1 N–H and O–H groups in total. The van der Waals surface area contributed by atoms with Crippen LogP contribution in [0.1, 0.15) is 5.56 Å². The highest BCUT2D eigenvalue weighted by Crippen LogP contribution is 2.41. The van der Waals surface area contributed by atoms with Gasteiger partial charge in [-0.05, 0) is 48.6 Å². The van der Waals surface area contributed by atoms with Crippen molar-refractivity contribution in [3.63, 3.8) is 0 Å². The molecular weight excluding hydrogens is 383 g/mol. The van der Waals surface area contributed by atoms with Crippen molar-refractivity contribution in [2.24, 2.45) is 0 Å². The summed E-state index contributed by atoms with van der Waals surface area (Å²) in [6, 6.07) is 12.7. The van der Waals surface area contributed by atoms with Crippen molar-refractivity contribution in [2.75, 3.05) is 11.9 Å². The maximum atomic E-state index is 8.83. The van der Waals surface area contributed by atoms with Crippen molar-refractivity contribution >= 4 is 58.0 Å². The first-order valence-electron chi connectivity index (χ1n) is 6.56. The Morgan fingerprint density at radius 2 is 1.75 bits per heavy atom. The van der Waals surface area contributed by atoms with E-state index in [9.17, 15) is 0 Å². The summed E-state index contributed by atoms with van der Waals surface area (Å²) in [6.07, 6.45) is 1.77. The lowest BCUT2D eigenvalue weighted by Crippen LogP contribution is -2.34. The van der Waals surface area contributed by atoms with Crippen LogP contribution >= 0.6 is 47.2 Å². The Hall–Kier alpha value is -1.96. The predicted octanol–water partition coefficient (Wildman–Crippen LogP) is 4.81. The molecule has 0 aliphatic heterocycles. The molecule has 0 saturated heterocycles. The van der Waals surface area contributed by atoms with E-state index in [1.807, 2.05) is 12.1 Å². The van der Waals surface area contributed by atoms with E-state index in [1.54, 1.807) is 42.4 Å². The first-order chi connectivity index (χ1) is 11.5. The van der Waals surface area contributed by atoms with Crippen molar-refractivity contribution in [2.45, 2.75) is 9.79 Å². The molecule has 2 rings (SSSR count). The van der Waals surface area contributed by atoms with Gasteiger partial charge < -0.3 is 4.90 Å². The molecule has 4 nitrogen and oxygen atoms in total. The van der Waals surface area contributed by atoms with Gasteiger partial charge in [0.05, 0.1) is 21.7 Å². The second-order valence-corrected chi connectivity index (χ2v) is 6.86. The number of nitrogens with zero attached hydrogens (tertiary/aromatic N) is 3. The van der Waals surface area contributed by atoms with Gasteiger partial charge >= 0.3 is 0 Å². The fourth-order valence-corrected chi connectivity index (χ4v) is 3.48. The van der Waals surface area contributed by atoms with Gasteiger partial charge in [-0.25, -0.2) is 0 Å². The minimum absolute atomic E-state index is 0.247. The smallest absolute Gasteiger partial charge is 0.186 e. The molecule has 0 aliphatic carbocycles. The predicted molar refractivity (Wildman–Crippen MR) is 101 cm³/mol. The first-order valence-corrected chi connectivity index (χ1v) is 8.54. The number of nitriles is 2. The third-order valence-electron chi connectivity index (χ3n) is 3.04. The van der Waals surface area contributed by atoms with Crippen molar-refractivity contribution in [1.29, 1.82) is 10.5 Å². The monoisotopic (exact) mass is 392 g/mol. The standard InChI is InChI=1S/C16H10Cl2N4S2/c1-22(16(23)21-9-20)11-6-13(17)15(14(18)7-11)24-12-4-2-10(8-19)3-5-12/h2-7H,1H3,(H,21,23). The number of hydrogen-bond acceptors (Lipinski definition) is 4. The van der Waals surface area contributed by atoms with Gasteiger partial charge in [-0.2, -0.15) is 10.5 Å². The van der Waals surface area contributed by atoms with Crippen LogP contribution in [0.3, 0.4) is 0 Å². The van der Waals surface area contributed by atoms with Crippen LogP contribution in [0.25, 0.3) is 0 Å². The maximum Gasteiger partial charge on any atom is 0.186 e. The minimum Gasteiger partial charge on any atom is -0.321 e. The van der Waals surface area contributed by atoms with Crippen molar-refractivity contribution in [3.8, 4) is 12.3 Å². The number of anilines is 1. The normalized spacial score (nSPS) is 9.71. The first kappa shape index (κ1) is 18.4. The molecule has 0 radical (unpaired) electrons. The SMILES string of the molecule is CN(C(=S)NC#N)c1cc(Cl)c(Sc2ccc(C#N)cc2)c(Cl)c1. The van der Waals surface area contributed by atoms with Crippen molar-refractivity contribution in [1.82, 2.24) is 5.32 Å². The lowest BCUT2D eigenvalue weighted by Gasteiger charge is -2.20. The quantitative estimate of drug-likeness (QED) is 0.459. The van der Waals surface area contributed by atoms with E-state index in [2.05, 4.69) is 11.4 Å². The van der Waals surface area contributed by atoms with E-state index < -0.39 is 0 Å². The van der Waals surface area contributed by atoms with E-state index >= 15 is 0 Å². The highest BCUT2D eigenvalue weighted by Gasteiger charge is 2.14. The molecule has 0 heterocycles. The fourth-order valence-electron chi connectivity index (χ4n) is 1.80.